The fraction of sp³-hybridized carbons (Fsp3) is 0.100. The molecule has 0 aliphatic rings. The summed E-state index contributed by atoms with van der Waals surface area (Å²) in [4.78, 5) is 12.3. The fourth-order valence-electron chi connectivity index (χ4n) is 2.72. The minimum atomic E-state index is -0.156. The number of hydrogen-bond acceptors (Lipinski definition) is 3. The summed E-state index contributed by atoms with van der Waals surface area (Å²) < 4.78 is 7.50. The smallest absolute Gasteiger partial charge is 0.244 e. The van der Waals surface area contributed by atoms with Crippen molar-refractivity contribution < 1.29 is 9.53 Å². The molecule has 1 amide bonds. The number of rotatable bonds is 5. The van der Waals surface area contributed by atoms with Crippen LogP contribution in [0.1, 0.15) is 11.1 Å². The third-order valence-electron chi connectivity index (χ3n) is 3.87. The second kappa shape index (κ2) is 8.81. The standard InChI is InChI=1S/C20H16I2N2O2/c1-26-20-15(9-16(21)11-18(20)22)12-23-24-19(25)10-14-7-4-6-13-5-2-3-8-17(13)14/h2-9,11-12H,10H2,1H3,(H,24,25)/b23-12+. The van der Waals surface area contributed by atoms with Crippen LogP contribution in [0.3, 0.4) is 0 Å². The third-order valence-corrected chi connectivity index (χ3v) is 5.29. The van der Waals surface area contributed by atoms with E-state index in [4.69, 9.17) is 4.74 Å². The molecule has 0 saturated heterocycles. The molecule has 4 nitrogen and oxygen atoms in total. The highest BCUT2D eigenvalue weighted by Crippen LogP contribution is 2.26. The molecule has 0 aromatic heterocycles. The van der Waals surface area contributed by atoms with Gasteiger partial charge in [0.05, 0.1) is 23.3 Å². The molecule has 132 valence electrons. The molecule has 0 bridgehead atoms. The number of halogens is 2. The number of nitrogens with zero attached hydrogens (tertiary/aromatic N) is 1. The molecule has 0 spiro atoms. The number of carbonyl (C=O) groups excluding carboxylic acids is 1. The van der Waals surface area contributed by atoms with Gasteiger partial charge in [-0.1, -0.05) is 42.5 Å². The van der Waals surface area contributed by atoms with Crippen LogP contribution in [0.25, 0.3) is 10.8 Å². The minimum absolute atomic E-state index is 0.156. The van der Waals surface area contributed by atoms with Crippen molar-refractivity contribution in [1.82, 2.24) is 5.43 Å². The van der Waals surface area contributed by atoms with Crippen LogP contribution in [0.4, 0.5) is 0 Å². The maximum absolute atomic E-state index is 12.3. The normalized spacial score (nSPS) is 11.0. The number of hydrogen-bond donors (Lipinski definition) is 1. The van der Waals surface area contributed by atoms with E-state index in [9.17, 15) is 4.79 Å². The van der Waals surface area contributed by atoms with Gasteiger partial charge >= 0.3 is 0 Å². The van der Waals surface area contributed by atoms with Gasteiger partial charge in [0.1, 0.15) is 5.75 Å². The highest BCUT2D eigenvalue weighted by atomic mass is 127. The molecule has 0 unspecified atom stereocenters. The molecule has 0 heterocycles. The van der Waals surface area contributed by atoms with Gasteiger partial charge in [0.25, 0.3) is 0 Å². The van der Waals surface area contributed by atoms with Crippen molar-refractivity contribution in [3.63, 3.8) is 0 Å². The van der Waals surface area contributed by atoms with Gasteiger partial charge in [0.15, 0.2) is 0 Å². The van der Waals surface area contributed by atoms with Crippen molar-refractivity contribution in [2.45, 2.75) is 6.42 Å². The molecule has 3 aromatic carbocycles. The lowest BCUT2D eigenvalue weighted by molar-refractivity contribution is -0.120. The average Bonchev–Trinajstić information content (AvgIpc) is 2.62. The van der Waals surface area contributed by atoms with Gasteiger partial charge in [0.2, 0.25) is 5.91 Å². The molecular formula is C20H16I2N2O2. The molecular weight excluding hydrogens is 554 g/mol. The largest absolute Gasteiger partial charge is 0.495 e. The Kier molecular flexibility index (Phi) is 6.47. The van der Waals surface area contributed by atoms with Gasteiger partial charge in [-0.25, -0.2) is 5.43 Å². The van der Waals surface area contributed by atoms with Crippen LogP contribution >= 0.6 is 45.2 Å². The SMILES string of the molecule is COc1c(I)cc(I)cc1/C=N/NC(=O)Cc1cccc2ccccc12. The summed E-state index contributed by atoms with van der Waals surface area (Å²) in [6.07, 6.45) is 1.89. The van der Waals surface area contributed by atoms with E-state index in [0.717, 1.165) is 34.8 Å². The highest BCUT2D eigenvalue weighted by Gasteiger charge is 2.08. The number of methoxy groups -OCH3 is 1. The van der Waals surface area contributed by atoms with E-state index in [1.807, 2.05) is 54.6 Å². The molecule has 1 N–H and O–H groups in total. The van der Waals surface area contributed by atoms with E-state index in [1.54, 1.807) is 13.3 Å². The summed E-state index contributed by atoms with van der Waals surface area (Å²) in [6.45, 7) is 0. The van der Waals surface area contributed by atoms with Gasteiger partial charge < -0.3 is 4.74 Å². The number of hydrazone groups is 1. The Hall–Kier alpha value is -1.68. The van der Waals surface area contributed by atoms with Crippen LogP contribution in [-0.4, -0.2) is 19.2 Å². The van der Waals surface area contributed by atoms with E-state index in [-0.39, 0.29) is 12.3 Å². The summed E-state index contributed by atoms with van der Waals surface area (Å²) in [5.74, 6) is 0.593. The molecule has 0 radical (unpaired) electrons. The third kappa shape index (κ3) is 4.53. The van der Waals surface area contributed by atoms with E-state index in [2.05, 4.69) is 55.7 Å². The summed E-state index contributed by atoms with van der Waals surface area (Å²) in [5, 5.41) is 6.31. The van der Waals surface area contributed by atoms with E-state index in [1.165, 1.54) is 0 Å². The Morgan fingerprint density at radius 3 is 2.73 bits per heavy atom. The Morgan fingerprint density at radius 2 is 1.92 bits per heavy atom. The Balaban J connectivity index is 1.72. The number of ether oxygens (including phenoxy) is 1. The molecule has 0 saturated carbocycles. The first kappa shape index (κ1) is 19.1. The van der Waals surface area contributed by atoms with Crippen LogP contribution < -0.4 is 10.2 Å². The number of benzene rings is 3. The lowest BCUT2D eigenvalue weighted by Gasteiger charge is -2.08. The molecule has 6 heteroatoms. The maximum Gasteiger partial charge on any atom is 0.244 e. The Bertz CT molecular complexity index is 981. The van der Waals surface area contributed by atoms with Gasteiger partial charge in [0, 0.05) is 9.13 Å². The lowest BCUT2D eigenvalue weighted by atomic mass is 10.0. The molecule has 0 aliphatic carbocycles. The van der Waals surface area contributed by atoms with Crippen molar-refractivity contribution in [3.8, 4) is 5.75 Å². The van der Waals surface area contributed by atoms with Crippen LogP contribution in [0.2, 0.25) is 0 Å². The topological polar surface area (TPSA) is 50.7 Å². The number of fused-ring (bicyclic) bond motifs is 1. The highest BCUT2D eigenvalue weighted by molar-refractivity contribution is 14.1. The van der Waals surface area contributed by atoms with Crippen LogP contribution in [-0.2, 0) is 11.2 Å². The molecule has 3 rings (SSSR count). The summed E-state index contributed by atoms with van der Waals surface area (Å²) in [5.41, 5.74) is 4.42. The first-order chi connectivity index (χ1) is 12.6. The van der Waals surface area contributed by atoms with Crippen LogP contribution in [0, 0.1) is 7.14 Å². The molecule has 0 fully saturated rings. The van der Waals surface area contributed by atoms with Gasteiger partial charge in [-0.3, -0.25) is 4.79 Å². The Morgan fingerprint density at radius 1 is 1.15 bits per heavy atom. The second-order valence-electron chi connectivity index (χ2n) is 5.62. The van der Waals surface area contributed by atoms with Crippen LogP contribution in [0.5, 0.6) is 5.75 Å². The maximum atomic E-state index is 12.3. The summed E-state index contributed by atoms with van der Waals surface area (Å²) >= 11 is 4.46. The molecule has 0 atom stereocenters. The van der Waals surface area contributed by atoms with Crippen molar-refractivity contribution in [2.24, 2.45) is 5.10 Å². The van der Waals surface area contributed by atoms with Crippen molar-refractivity contribution in [2.75, 3.05) is 7.11 Å². The predicted octanol–water partition coefficient (Wildman–Crippen LogP) is 4.75. The van der Waals surface area contributed by atoms with Crippen molar-refractivity contribution >= 4 is 68.1 Å². The average molecular weight is 570 g/mol. The van der Waals surface area contributed by atoms with E-state index in [0.29, 0.717) is 0 Å². The monoisotopic (exact) mass is 570 g/mol. The second-order valence-corrected chi connectivity index (χ2v) is 8.03. The van der Waals surface area contributed by atoms with Crippen molar-refractivity contribution in [1.29, 1.82) is 0 Å². The van der Waals surface area contributed by atoms with Gasteiger partial charge in [-0.2, -0.15) is 5.10 Å². The van der Waals surface area contributed by atoms with E-state index < -0.39 is 0 Å². The zero-order chi connectivity index (χ0) is 18.5. The fourth-order valence-corrected chi connectivity index (χ4v) is 4.83. The first-order valence-electron chi connectivity index (χ1n) is 7.90. The lowest BCUT2D eigenvalue weighted by Crippen LogP contribution is -2.20. The number of nitrogens with one attached hydrogen (secondary N) is 1. The summed E-state index contributed by atoms with van der Waals surface area (Å²) in [7, 11) is 1.63. The molecule has 3 aromatic rings. The predicted molar refractivity (Wildman–Crippen MR) is 122 cm³/mol. The number of amides is 1. The minimum Gasteiger partial charge on any atom is -0.495 e. The van der Waals surface area contributed by atoms with E-state index >= 15 is 0 Å². The number of carbonyl (C=O) groups is 1. The molecule has 26 heavy (non-hydrogen) atoms. The Labute approximate surface area is 179 Å². The first-order valence-corrected chi connectivity index (χ1v) is 10.1. The zero-order valence-electron chi connectivity index (χ0n) is 14.0. The van der Waals surface area contributed by atoms with Crippen molar-refractivity contribution in [3.05, 3.63) is 72.9 Å². The van der Waals surface area contributed by atoms with Crippen LogP contribution in [0.15, 0.2) is 59.7 Å². The quantitative estimate of drug-likeness (QED) is 0.274. The zero-order valence-corrected chi connectivity index (χ0v) is 18.3. The molecule has 0 aliphatic heterocycles. The summed E-state index contributed by atoms with van der Waals surface area (Å²) in [6, 6.07) is 18.0. The van der Waals surface area contributed by atoms with Gasteiger partial charge in [-0.15, -0.1) is 0 Å². The van der Waals surface area contributed by atoms with Gasteiger partial charge in [-0.05, 0) is 73.7 Å².